The molecule has 148 valence electrons. The number of hydrogen-bond acceptors (Lipinski definition) is 3. The molecule has 0 saturated heterocycles. The van der Waals surface area contributed by atoms with E-state index in [0.717, 1.165) is 24.2 Å². The minimum atomic E-state index is -0.00348. The molecule has 1 amide bonds. The van der Waals surface area contributed by atoms with Gasteiger partial charge >= 0.3 is 0 Å². The first kappa shape index (κ1) is 18.0. The Hall–Kier alpha value is -3.01. The van der Waals surface area contributed by atoms with Crippen LogP contribution in [0, 0.1) is 13.8 Å². The molecule has 1 atom stereocenters. The highest BCUT2D eigenvalue weighted by atomic mass is 16.5. The fourth-order valence-electron chi connectivity index (χ4n) is 5.00. The molecule has 0 saturated carbocycles. The number of carbonyl (C=O) groups is 1. The smallest absolute Gasteiger partial charge is 0.289 e. The number of rotatable bonds is 2. The molecule has 3 aromatic rings. The molecule has 0 bridgehead atoms. The van der Waals surface area contributed by atoms with Crippen LogP contribution in [0.15, 0.2) is 42.2 Å². The second-order valence-electron chi connectivity index (χ2n) is 8.17. The number of benzene rings is 3. The zero-order valence-electron chi connectivity index (χ0n) is 17.3. The SMILES string of the molecule is COC1=CC[C@@H]2Cc3c(c4ccc(C)cc4c4cc(C)c(OC)cc34)CN2C1=O. The molecule has 0 radical (unpaired) electrons. The monoisotopic (exact) mass is 387 g/mol. The Balaban J connectivity index is 1.81. The van der Waals surface area contributed by atoms with Crippen molar-refractivity contribution in [1.82, 2.24) is 4.90 Å². The first-order valence-corrected chi connectivity index (χ1v) is 10.1. The molecule has 29 heavy (non-hydrogen) atoms. The van der Waals surface area contributed by atoms with Gasteiger partial charge < -0.3 is 14.4 Å². The van der Waals surface area contributed by atoms with Gasteiger partial charge in [-0.3, -0.25) is 4.79 Å². The molecule has 5 rings (SSSR count). The minimum absolute atomic E-state index is 0.00348. The van der Waals surface area contributed by atoms with E-state index in [9.17, 15) is 4.79 Å². The van der Waals surface area contributed by atoms with Gasteiger partial charge in [0.05, 0.1) is 14.2 Å². The summed E-state index contributed by atoms with van der Waals surface area (Å²) in [4.78, 5) is 14.9. The predicted molar refractivity (Wildman–Crippen MR) is 115 cm³/mol. The molecule has 0 spiro atoms. The van der Waals surface area contributed by atoms with Crippen molar-refractivity contribution in [1.29, 1.82) is 0 Å². The molecule has 0 aliphatic carbocycles. The fraction of sp³-hybridized carbons (Fsp3) is 0.320. The van der Waals surface area contributed by atoms with Crippen LogP contribution in [-0.2, 0) is 22.5 Å². The van der Waals surface area contributed by atoms with Gasteiger partial charge in [-0.25, -0.2) is 0 Å². The van der Waals surface area contributed by atoms with Gasteiger partial charge in [-0.05, 0) is 83.1 Å². The van der Waals surface area contributed by atoms with Crippen molar-refractivity contribution in [2.75, 3.05) is 14.2 Å². The van der Waals surface area contributed by atoms with Crippen molar-refractivity contribution in [3.63, 3.8) is 0 Å². The second-order valence-corrected chi connectivity index (χ2v) is 8.17. The molecule has 4 nitrogen and oxygen atoms in total. The number of fused-ring (bicyclic) bond motifs is 7. The van der Waals surface area contributed by atoms with E-state index in [1.54, 1.807) is 14.2 Å². The summed E-state index contributed by atoms with van der Waals surface area (Å²) in [5.41, 5.74) is 4.97. The minimum Gasteiger partial charge on any atom is -0.496 e. The standard InChI is InChI=1S/C25H25NO3/c1-14-5-7-17-18(9-14)19-10-15(2)24(29-4)12-21(19)20-11-16-6-8-23(28-3)25(27)26(16)13-22(17)20/h5,7-10,12,16H,6,11,13H2,1-4H3/t16-/m1/s1. The first-order valence-electron chi connectivity index (χ1n) is 10.1. The van der Waals surface area contributed by atoms with Crippen LogP contribution in [0.5, 0.6) is 5.75 Å². The number of nitrogens with zero attached hydrogens (tertiary/aromatic N) is 1. The van der Waals surface area contributed by atoms with E-state index >= 15 is 0 Å². The van der Waals surface area contributed by atoms with Gasteiger partial charge in [-0.1, -0.05) is 23.8 Å². The largest absolute Gasteiger partial charge is 0.496 e. The van der Waals surface area contributed by atoms with Gasteiger partial charge in [0.15, 0.2) is 5.76 Å². The molecule has 0 unspecified atom stereocenters. The molecule has 0 aromatic heterocycles. The van der Waals surface area contributed by atoms with E-state index in [0.29, 0.717) is 12.3 Å². The Labute approximate surface area is 170 Å². The lowest BCUT2D eigenvalue weighted by Gasteiger charge is -2.40. The van der Waals surface area contributed by atoms with Crippen molar-refractivity contribution >= 4 is 27.5 Å². The average Bonchev–Trinajstić information content (AvgIpc) is 2.73. The lowest BCUT2D eigenvalue weighted by molar-refractivity contribution is -0.134. The summed E-state index contributed by atoms with van der Waals surface area (Å²) in [6.45, 7) is 4.84. The first-order chi connectivity index (χ1) is 14.0. The average molecular weight is 387 g/mol. The van der Waals surface area contributed by atoms with Gasteiger partial charge in [0, 0.05) is 12.6 Å². The summed E-state index contributed by atoms with van der Waals surface area (Å²) in [6, 6.07) is 11.2. The molecular weight excluding hydrogens is 362 g/mol. The third-order valence-electron chi connectivity index (χ3n) is 6.49. The molecule has 4 heteroatoms. The molecule has 2 aliphatic heterocycles. The highest BCUT2D eigenvalue weighted by molar-refractivity contribution is 6.12. The number of hydrogen-bond donors (Lipinski definition) is 0. The number of amides is 1. The molecule has 0 fully saturated rings. The number of methoxy groups -OCH3 is 2. The maximum Gasteiger partial charge on any atom is 0.289 e. The maximum atomic E-state index is 12.9. The van der Waals surface area contributed by atoms with E-state index < -0.39 is 0 Å². The molecular formula is C25H25NO3. The van der Waals surface area contributed by atoms with Crippen LogP contribution in [0.4, 0.5) is 0 Å². The van der Waals surface area contributed by atoms with Crippen molar-refractivity contribution in [2.45, 2.75) is 39.3 Å². The zero-order chi connectivity index (χ0) is 20.3. The van der Waals surface area contributed by atoms with Gasteiger partial charge in [-0.15, -0.1) is 0 Å². The molecule has 0 N–H and O–H groups in total. The maximum absolute atomic E-state index is 12.9. The van der Waals surface area contributed by atoms with Crippen molar-refractivity contribution in [3.8, 4) is 5.75 Å². The Bertz CT molecular complexity index is 1210. The Kier molecular flexibility index (Phi) is 4.05. The van der Waals surface area contributed by atoms with Crippen molar-refractivity contribution in [2.24, 2.45) is 0 Å². The van der Waals surface area contributed by atoms with E-state index in [2.05, 4.69) is 44.2 Å². The summed E-state index contributed by atoms with van der Waals surface area (Å²) in [7, 11) is 3.30. The normalized spacial score (nSPS) is 18.5. The Morgan fingerprint density at radius 3 is 2.48 bits per heavy atom. The molecule has 2 heterocycles. The predicted octanol–water partition coefficient (Wildman–Crippen LogP) is 4.81. The summed E-state index contributed by atoms with van der Waals surface area (Å²) >= 11 is 0. The highest BCUT2D eigenvalue weighted by Crippen LogP contribution is 2.41. The van der Waals surface area contributed by atoms with Gasteiger partial charge in [-0.2, -0.15) is 0 Å². The molecule has 2 aliphatic rings. The third kappa shape index (κ3) is 2.62. The fourth-order valence-corrected chi connectivity index (χ4v) is 5.00. The lowest BCUT2D eigenvalue weighted by atomic mass is 9.82. The van der Waals surface area contributed by atoms with E-state index in [4.69, 9.17) is 9.47 Å². The number of ether oxygens (including phenoxy) is 2. The van der Waals surface area contributed by atoms with Crippen LogP contribution < -0.4 is 4.74 Å². The summed E-state index contributed by atoms with van der Waals surface area (Å²) < 4.78 is 11.0. The van der Waals surface area contributed by atoms with Crippen LogP contribution in [0.1, 0.15) is 28.7 Å². The van der Waals surface area contributed by atoms with Gasteiger partial charge in [0.2, 0.25) is 0 Å². The van der Waals surface area contributed by atoms with E-state index in [-0.39, 0.29) is 11.9 Å². The highest BCUT2D eigenvalue weighted by Gasteiger charge is 2.36. The summed E-state index contributed by atoms with van der Waals surface area (Å²) in [5, 5.41) is 5.00. The number of aryl methyl sites for hydroxylation is 2. The van der Waals surface area contributed by atoms with Crippen molar-refractivity contribution in [3.05, 3.63) is 64.4 Å². The topological polar surface area (TPSA) is 38.8 Å². The third-order valence-corrected chi connectivity index (χ3v) is 6.49. The van der Waals surface area contributed by atoms with E-state index in [1.165, 1.54) is 38.2 Å². The zero-order valence-corrected chi connectivity index (χ0v) is 17.3. The molecule has 3 aromatic carbocycles. The van der Waals surface area contributed by atoms with Crippen LogP contribution in [0.3, 0.4) is 0 Å². The van der Waals surface area contributed by atoms with Gasteiger partial charge in [0.1, 0.15) is 5.75 Å². The lowest BCUT2D eigenvalue weighted by Crippen LogP contribution is -2.47. The van der Waals surface area contributed by atoms with Crippen LogP contribution in [0.2, 0.25) is 0 Å². The summed E-state index contributed by atoms with van der Waals surface area (Å²) in [6.07, 6.45) is 3.61. The Morgan fingerprint density at radius 2 is 1.72 bits per heavy atom. The van der Waals surface area contributed by atoms with E-state index in [1.807, 2.05) is 11.0 Å². The van der Waals surface area contributed by atoms with Gasteiger partial charge in [0.25, 0.3) is 5.91 Å². The van der Waals surface area contributed by atoms with Crippen molar-refractivity contribution < 1.29 is 14.3 Å². The number of carbonyl (C=O) groups excluding carboxylic acids is 1. The second kappa shape index (κ2) is 6.51. The van der Waals surface area contributed by atoms with Crippen LogP contribution in [-0.4, -0.2) is 31.1 Å². The Morgan fingerprint density at radius 1 is 0.931 bits per heavy atom. The van der Waals surface area contributed by atoms with Crippen LogP contribution >= 0.6 is 0 Å². The summed E-state index contributed by atoms with van der Waals surface area (Å²) in [5.74, 6) is 1.37. The quantitative estimate of drug-likeness (QED) is 0.593. The van der Waals surface area contributed by atoms with Crippen LogP contribution in [0.25, 0.3) is 21.5 Å².